The SMILES string of the molecule is COCC(C)OC(=O)C(C#N)=Cc1ccccc1. The molecule has 0 aromatic heterocycles. The van der Waals surface area contributed by atoms with Crippen LogP contribution in [0.1, 0.15) is 12.5 Å². The van der Waals surface area contributed by atoms with E-state index in [0.717, 1.165) is 5.56 Å². The number of carbonyl (C=O) groups is 1. The first-order valence-corrected chi connectivity index (χ1v) is 5.54. The van der Waals surface area contributed by atoms with Crippen LogP contribution in [0.2, 0.25) is 0 Å². The summed E-state index contributed by atoms with van der Waals surface area (Å²) in [6.45, 7) is 2.01. The molecule has 0 fully saturated rings. The topological polar surface area (TPSA) is 59.3 Å². The number of carbonyl (C=O) groups excluding carboxylic acids is 1. The number of hydrogen-bond donors (Lipinski definition) is 0. The lowest BCUT2D eigenvalue weighted by Gasteiger charge is -2.11. The molecular formula is C14H15NO3. The van der Waals surface area contributed by atoms with E-state index in [2.05, 4.69) is 0 Å². The molecule has 4 nitrogen and oxygen atoms in total. The number of nitrogens with zero attached hydrogens (tertiary/aromatic N) is 1. The third kappa shape index (κ3) is 4.40. The molecule has 1 rings (SSSR count). The van der Waals surface area contributed by atoms with Gasteiger partial charge in [-0.3, -0.25) is 0 Å². The number of methoxy groups -OCH3 is 1. The number of rotatable bonds is 5. The summed E-state index contributed by atoms with van der Waals surface area (Å²) < 4.78 is 9.92. The van der Waals surface area contributed by atoms with Crippen molar-refractivity contribution in [1.29, 1.82) is 5.26 Å². The van der Waals surface area contributed by atoms with Gasteiger partial charge in [-0.25, -0.2) is 4.79 Å². The fourth-order valence-corrected chi connectivity index (χ4v) is 1.37. The third-order valence-corrected chi connectivity index (χ3v) is 2.16. The quantitative estimate of drug-likeness (QED) is 0.453. The Hall–Kier alpha value is -2.12. The van der Waals surface area contributed by atoms with Crippen LogP contribution in [-0.4, -0.2) is 25.8 Å². The summed E-state index contributed by atoms with van der Waals surface area (Å²) in [7, 11) is 1.52. The zero-order valence-electron chi connectivity index (χ0n) is 10.4. The molecule has 0 aliphatic heterocycles. The number of benzene rings is 1. The normalized spacial score (nSPS) is 12.6. The van der Waals surface area contributed by atoms with Crippen molar-refractivity contribution in [2.75, 3.05) is 13.7 Å². The van der Waals surface area contributed by atoms with Crippen molar-refractivity contribution in [3.05, 3.63) is 41.5 Å². The molecule has 18 heavy (non-hydrogen) atoms. The minimum absolute atomic E-state index is 0.0239. The van der Waals surface area contributed by atoms with Crippen molar-refractivity contribution in [3.63, 3.8) is 0 Å². The predicted octanol–water partition coefficient (Wildman–Crippen LogP) is 2.17. The molecule has 0 spiro atoms. The van der Waals surface area contributed by atoms with E-state index in [1.54, 1.807) is 6.92 Å². The Kier molecular flexibility index (Phi) is 5.62. The van der Waals surface area contributed by atoms with Crippen LogP contribution in [-0.2, 0) is 14.3 Å². The molecule has 0 radical (unpaired) electrons. The van der Waals surface area contributed by atoms with Crippen molar-refractivity contribution in [1.82, 2.24) is 0 Å². The lowest BCUT2D eigenvalue weighted by Crippen LogP contribution is -2.20. The van der Waals surface area contributed by atoms with E-state index in [1.807, 2.05) is 36.4 Å². The second-order valence-electron chi connectivity index (χ2n) is 3.75. The van der Waals surface area contributed by atoms with Crippen LogP contribution in [0.4, 0.5) is 0 Å². The summed E-state index contributed by atoms with van der Waals surface area (Å²) in [5.41, 5.74) is 0.759. The average Bonchev–Trinajstić information content (AvgIpc) is 2.37. The molecule has 1 aromatic rings. The molecular weight excluding hydrogens is 230 g/mol. The van der Waals surface area contributed by atoms with Gasteiger partial charge in [0.05, 0.1) is 6.61 Å². The van der Waals surface area contributed by atoms with Gasteiger partial charge < -0.3 is 9.47 Å². The van der Waals surface area contributed by atoms with Gasteiger partial charge in [-0.2, -0.15) is 5.26 Å². The molecule has 0 bridgehead atoms. The molecule has 4 heteroatoms. The molecule has 94 valence electrons. The Morgan fingerprint density at radius 1 is 1.44 bits per heavy atom. The van der Waals surface area contributed by atoms with Gasteiger partial charge in [0.2, 0.25) is 0 Å². The standard InChI is InChI=1S/C14H15NO3/c1-11(10-17-2)18-14(16)13(9-15)8-12-6-4-3-5-7-12/h3-8,11H,10H2,1-2H3. The van der Waals surface area contributed by atoms with Crippen molar-refractivity contribution in [3.8, 4) is 6.07 Å². The van der Waals surface area contributed by atoms with Gasteiger partial charge in [-0.15, -0.1) is 0 Å². The van der Waals surface area contributed by atoms with E-state index in [4.69, 9.17) is 14.7 Å². The number of esters is 1. The Labute approximate surface area is 106 Å². The summed E-state index contributed by atoms with van der Waals surface area (Å²) in [5.74, 6) is -0.633. The molecule has 0 saturated carbocycles. The van der Waals surface area contributed by atoms with Crippen LogP contribution in [0.3, 0.4) is 0 Å². The third-order valence-electron chi connectivity index (χ3n) is 2.16. The van der Waals surface area contributed by atoms with Crippen molar-refractivity contribution in [2.24, 2.45) is 0 Å². The Bertz CT molecular complexity index is 460. The van der Waals surface area contributed by atoms with Crippen LogP contribution in [0.25, 0.3) is 6.08 Å². The summed E-state index contributed by atoms with van der Waals surface area (Å²) in [4.78, 5) is 11.7. The van der Waals surface area contributed by atoms with Gasteiger partial charge in [-0.1, -0.05) is 30.3 Å². The first-order valence-electron chi connectivity index (χ1n) is 5.54. The van der Waals surface area contributed by atoms with Crippen molar-refractivity contribution in [2.45, 2.75) is 13.0 Å². The highest BCUT2D eigenvalue weighted by molar-refractivity contribution is 5.97. The second-order valence-corrected chi connectivity index (χ2v) is 3.75. The summed E-state index contributed by atoms with van der Waals surface area (Å²) in [6.07, 6.45) is 1.12. The minimum Gasteiger partial charge on any atom is -0.456 e. The fraction of sp³-hybridized carbons (Fsp3) is 0.286. The molecule has 0 N–H and O–H groups in total. The first kappa shape index (κ1) is 13.9. The summed E-state index contributed by atoms with van der Waals surface area (Å²) >= 11 is 0. The monoisotopic (exact) mass is 245 g/mol. The molecule has 0 saturated heterocycles. The molecule has 0 aliphatic rings. The predicted molar refractivity (Wildman–Crippen MR) is 67.5 cm³/mol. The van der Waals surface area contributed by atoms with Crippen molar-refractivity contribution < 1.29 is 14.3 Å². The van der Waals surface area contributed by atoms with Gasteiger partial charge in [0.15, 0.2) is 0 Å². The Morgan fingerprint density at radius 3 is 2.67 bits per heavy atom. The fourth-order valence-electron chi connectivity index (χ4n) is 1.37. The minimum atomic E-state index is -0.633. The summed E-state index contributed by atoms with van der Waals surface area (Å²) in [6, 6.07) is 11.0. The molecule has 0 amide bonds. The van der Waals surface area contributed by atoms with E-state index in [1.165, 1.54) is 13.2 Å². The van der Waals surface area contributed by atoms with Crippen LogP contribution in [0.5, 0.6) is 0 Å². The average molecular weight is 245 g/mol. The lowest BCUT2D eigenvalue weighted by molar-refractivity contribution is -0.145. The second kappa shape index (κ2) is 7.25. The first-order chi connectivity index (χ1) is 8.67. The largest absolute Gasteiger partial charge is 0.456 e. The number of hydrogen-bond acceptors (Lipinski definition) is 4. The Balaban J connectivity index is 2.76. The van der Waals surface area contributed by atoms with Crippen LogP contribution in [0.15, 0.2) is 35.9 Å². The van der Waals surface area contributed by atoms with E-state index < -0.39 is 5.97 Å². The van der Waals surface area contributed by atoms with Gasteiger partial charge in [0.1, 0.15) is 17.7 Å². The van der Waals surface area contributed by atoms with Gasteiger partial charge in [-0.05, 0) is 18.6 Å². The van der Waals surface area contributed by atoms with Crippen LogP contribution >= 0.6 is 0 Å². The maximum absolute atomic E-state index is 11.7. The highest BCUT2D eigenvalue weighted by atomic mass is 16.6. The van der Waals surface area contributed by atoms with Gasteiger partial charge >= 0.3 is 5.97 Å². The van der Waals surface area contributed by atoms with E-state index in [-0.39, 0.29) is 11.7 Å². The van der Waals surface area contributed by atoms with E-state index >= 15 is 0 Å². The van der Waals surface area contributed by atoms with E-state index in [0.29, 0.717) is 6.61 Å². The number of nitriles is 1. The lowest BCUT2D eigenvalue weighted by atomic mass is 10.1. The van der Waals surface area contributed by atoms with Crippen LogP contribution < -0.4 is 0 Å². The van der Waals surface area contributed by atoms with Gasteiger partial charge in [0, 0.05) is 7.11 Å². The summed E-state index contributed by atoms with van der Waals surface area (Å²) in [5, 5.41) is 8.95. The molecule has 1 aromatic carbocycles. The number of ether oxygens (including phenoxy) is 2. The molecule has 0 aliphatic carbocycles. The highest BCUT2D eigenvalue weighted by Crippen LogP contribution is 2.08. The molecule has 1 atom stereocenters. The smallest absolute Gasteiger partial charge is 0.349 e. The Morgan fingerprint density at radius 2 is 2.11 bits per heavy atom. The van der Waals surface area contributed by atoms with Gasteiger partial charge in [0.25, 0.3) is 0 Å². The van der Waals surface area contributed by atoms with Crippen molar-refractivity contribution >= 4 is 12.0 Å². The maximum atomic E-state index is 11.7. The zero-order chi connectivity index (χ0) is 13.4. The maximum Gasteiger partial charge on any atom is 0.349 e. The highest BCUT2D eigenvalue weighted by Gasteiger charge is 2.14. The van der Waals surface area contributed by atoms with Crippen LogP contribution in [0, 0.1) is 11.3 Å². The van der Waals surface area contributed by atoms with E-state index in [9.17, 15) is 4.79 Å². The zero-order valence-corrected chi connectivity index (χ0v) is 10.4. The molecule has 1 unspecified atom stereocenters. The molecule has 0 heterocycles.